The molecule has 4 heterocycles. The maximum absolute atomic E-state index is 15.5. The lowest BCUT2D eigenvalue weighted by Gasteiger charge is -2.32. The molecule has 0 spiro atoms. The van der Waals surface area contributed by atoms with E-state index in [1.807, 2.05) is 13.8 Å². The van der Waals surface area contributed by atoms with Gasteiger partial charge < -0.3 is 38.2 Å². The Hall–Kier alpha value is -5.26. The van der Waals surface area contributed by atoms with Crippen LogP contribution in [0.25, 0.3) is 0 Å². The molecule has 6 rings (SSSR count). The van der Waals surface area contributed by atoms with E-state index in [1.165, 1.54) is 50.4 Å². The molecule has 4 N–H and O–H groups in total. The molecule has 3 aliphatic rings. The van der Waals surface area contributed by atoms with Crippen molar-refractivity contribution in [2.45, 2.75) is 128 Å². The van der Waals surface area contributed by atoms with E-state index in [2.05, 4.69) is 15.2 Å². The number of benzene rings is 2. The summed E-state index contributed by atoms with van der Waals surface area (Å²) in [6.07, 6.45) is -5.00. The van der Waals surface area contributed by atoms with Crippen molar-refractivity contribution in [1.29, 1.82) is 0 Å². The first kappa shape index (κ1) is 57.6. The quantitative estimate of drug-likeness (QED) is 0.0590. The molecule has 3 aromatic rings. The van der Waals surface area contributed by atoms with Gasteiger partial charge in [-0.3, -0.25) is 37.7 Å². The number of ketones is 1. The fourth-order valence-electron chi connectivity index (χ4n) is 7.13. The number of amides is 1. The highest BCUT2D eigenvalue weighted by Crippen LogP contribution is 2.49. The lowest BCUT2D eigenvalue weighted by atomic mass is 9.97. The van der Waals surface area contributed by atoms with Crippen molar-refractivity contribution >= 4 is 39.1 Å². The van der Waals surface area contributed by atoms with Crippen LogP contribution in [0.5, 0.6) is 11.5 Å². The maximum atomic E-state index is 15.5. The van der Waals surface area contributed by atoms with E-state index in [0.29, 0.717) is 18.5 Å². The third kappa shape index (κ3) is 14.9. The van der Waals surface area contributed by atoms with Crippen LogP contribution in [-0.2, 0) is 56.3 Å². The van der Waals surface area contributed by atoms with Crippen LogP contribution in [0, 0.1) is 6.92 Å². The van der Waals surface area contributed by atoms with Crippen molar-refractivity contribution in [3.05, 3.63) is 101 Å². The van der Waals surface area contributed by atoms with Gasteiger partial charge in [0.15, 0.2) is 29.6 Å². The number of carbonyl (C=O) groups is 4. The number of alkyl halides is 2. The Bertz CT molecular complexity index is 2520. The van der Waals surface area contributed by atoms with Gasteiger partial charge in [0.25, 0.3) is 0 Å². The number of aromatic nitrogens is 2. The third-order valence-corrected chi connectivity index (χ3v) is 14.3. The third-order valence-electron chi connectivity index (χ3n) is 11.0. The van der Waals surface area contributed by atoms with Gasteiger partial charge in [-0.25, -0.2) is 22.7 Å². The van der Waals surface area contributed by atoms with Gasteiger partial charge in [0.05, 0.1) is 32.8 Å². The Morgan fingerprint density at radius 3 is 1.65 bits per heavy atom. The summed E-state index contributed by atoms with van der Waals surface area (Å²) in [5.74, 6) is -2.14. The van der Waals surface area contributed by atoms with Gasteiger partial charge in [0.1, 0.15) is 48.0 Å². The summed E-state index contributed by atoms with van der Waals surface area (Å²) >= 11 is 0. The normalized spacial score (nSPS) is 27.4. The first-order valence-electron chi connectivity index (χ1n) is 22.9. The monoisotopic (exact) mass is 1060 g/mol. The van der Waals surface area contributed by atoms with Crippen molar-refractivity contribution in [2.75, 3.05) is 26.4 Å². The van der Waals surface area contributed by atoms with Crippen LogP contribution < -0.4 is 24.9 Å². The lowest BCUT2D eigenvalue weighted by Crippen LogP contribution is -2.51. The number of ether oxygens (including phenoxy) is 4. The number of nitrogens with zero attached hydrogens (tertiary/aromatic N) is 3. The Morgan fingerprint density at radius 2 is 1.22 bits per heavy atom. The highest BCUT2D eigenvalue weighted by Gasteiger charge is 2.58. The number of carbonyl (C=O) groups excluding carboxylic acids is 4. The topological polar surface area (TPSA) is 279 Å². The SMILES string of the molecule is CCCOC(=O)C(C)NP(=O)(OC[C@H]1O[C@@H](N2C=CC(=O)CC2=O)[C@](C)(F)[C@@H]1O)Oc1ccccc1.CCCOC(=O)C(C)NP(=O)(OC[C@H]1O[C@@H](n2ccc(C)nc2=O)[C@](C)(F)[C@@H]1O)Oc1ccccc1. The van der Waals surface area contributed by atoms with Crippen LogP contribution in [0.2, 0.25) is 0 Å². The molecule has 0 saturated carbocycles. The summed E-state index contributed by atoms with van der Waals surface area (Å²) in [7, 11) is -8.54. The van der Waals surface area contributed by atoms with Gasteiger partial charge in [0, 0.05) is 18.1 Å². The van der Waals surface area contributed by atoms with Gasteiger partial charge in [0.2, 0.25) is 5.91 Å². The number of esters is 2. The van der Waals surface area contributed by atoms with E-state index in [-0.39, 0.29) is 24.7 Å². The fraction of sp³-hybridized carbons (Fsp3) is 0.522. The molecule has 1 amide bonds. The summed E-state index contributed by atoms with van der Waals surface area (Å²) in [4.78, 5) is 65.1. The Kier molecular flexibility index (Phi) is 20.1. The fourth-order valence-corrected chi connectivity index (χ4v) is 10.1. The molecule has 0 radical (unpaired) electrons. The molecule has 26 heteroatoms. The predicted octanol–water partition coefficient (Wildman–Crippen LogP) is 4.92. The van der Waals surface area contributed by atoms with Crippen molar-refractivity contribution in [1.82, 2.24) is 24.6 Å². The average Bonchev–Trinajstić information content (AvgIpc) is 3.69. The van der Waals surface area contributed by atoms with Crippen LogP contribution in [0.4, 0.5) is 8.78 Å². The molecule has 2 saturated heterocycles. The predicted molar refractivity (Wildman–Crippen MR) is 251 cm³/mol. The first-order valence-corrected chi connectivity index (χ1v) is 26.0. The van der Waals surface area contributed by atoms with Crippen LogP contribution in [0.1, 0.15) is 72.7 Å². The second-order valence-corrected chi connectivity index (χ2v) is 20.6. The standard InChI is InChI=1S/C23H31FN3O8P.C23H30FN2O9P/c1-5-13-32-20(29)16(3)26-36(31,35-17-9-7-6-8-10-17)33-14-18-19(28)23(4,24)21(34-18)27-12-11-15(2)25-22(27)30;1-4-12-32-21(30)15(2)25-36(31,35-17-8-6-5-7-9-17)33-14-18-20(29)23(3,24)22(34-18)26-11-10-16(27)13-19(26)28/h6-12,16,18-19,21,28H,5,13-14H2,1-4H3,(H,26,31);5-11,15,18,20,22,29H,4,12-14H2,1-3H3,(H,25,31)/t16?,18-,19-,21-,23-,36?;15?,18-,20-,22-,23-,36?/m11/s1. The molecule has 1 aromatic heterocycles. The smallest absolute Gasteiger partial charge is 0.459 e. The van der Waals surface area contributed by atoms with Crippen LogP contribution in [-0.4, -0.2) is 129 Å². The second kappa shape index (κ2) is 25.1. The van der Waals surface area contributed by atoms with Gasteiger partial charge >= 0.3 is 33.1 Å². The number of rotatable bonds is 22. The molecule has 4 unspecified atom stereocenters. The van der Waals surface area contributed by atoms with E-state index in [4.69, 9.17) is 37.0 Å². The molecule has 2 aromatic carbocycles. The molecule has 72 heavy (non-hydrogen) atoms. The number of halogens is 2. The number of allylic oxidation sites excluding steroid dienone is 1. The van der Waals surface area contributed by atoms with Crippen LogP contribution >= 0.6 is 15.5 Å². The zero-order valence-electron chi connectivity index (χ0n) is 40.7. The van der Waals surface area contributed by atoms with E-state index in [9.17, 15) is 43.3 Å². The number of nitrogens with one attached hydrogen (secondary N) is 2. The first-order chi connectivity index (χ1) is 33.9. The van der Waals surface area contributed by atoms with Gasteiger partial charge in [-0.2, -0.15) is 15.2 Å². The van der Waals surface area contributed by atoms with Gasteiger partial charge in [-0.1, -0.05) is 50.2 Å². The number of para-hydroxylation sites is 2. The van der Waals surface area contributed by atoms with E-state index in [1.54, 1.807) is 43.3 Å². The lowest BCUT2D eigenvalue weighted by molar-refractivity contribution is -0.150. The minimum atomic E-state index is -4.28. The molecular weight excluding hydrogens is 994 g/mol. The number of hydrogen-bond acceptors (Lipinski definition) is 18. The van der Waals surface area contributed by atoms with Gasteiger partial charge in [-0.15, -0.1) is 0 Å². The zero-order chi connectivity index (χ0) is 53.0. The minimum Gasteiger partial charge on any atom is -0.465 e. The summed E-state index contributed by atoms with van der Waals surface area (Å²) in [5.41, 5.74) is -5.16. The summed E-state index contributed by atoms with van der Waals surface area (Å²) in [6, 6.07) is 15.4. The van der Waals surface area contributed by atoms with Gasteiger partial charge in [-0.05, 0) is 83.9 Å². The molecule has 2 fully saturated rings. The van der Waals surface area contributed by atoms with E-state index in [0.717, 1.165) is 35.6 Å². The highest BCUT2D eigenvalue weighted by atomic mass is 31.2. The van der Waals surface area contributed by atoms with Crippen molar-refractivity contribution in [3.63, 3.8) is 0 Å². The maximum Gasteiger partial charge on any atom is 0.459 e. The summed E-state index contributed by atoms with van der Waals surface area (Å²) in [6.45, 7) is 9.38. The number of aryl methyl sites for hydroxylation is 1. The summed E-state index contributed by atoms with van der Waals surface area (Å²) in [5, 5.41) is 26.2. The van der Waals surface area contributed by atoms with E-state index >= 15 is 8.78 Å². The van der Waals surface area contributed by atoms with Crippen LogP contribution in [0.3, 0.4) is 0 Å². The van der Waals surface area contributed by atoms with Crippen molar-refractivity contribution in [2.24, 2.45) is 0 Å². The molecule has 22 nitrogen and oxygen atoms in total. The Balaban J connectivity index is 0.000000267. The molecule has 396 valence electrons. The number of aliphatic hydroxyl groups excluding tert-OH is 2. The van der Waals surface area contributed by atoms with E-state index < -0.39 is 125 Å². The van der Waals surface area contributed by atoms with Crippen molar-refractivity contribution < 1.29 is 84.3 Å². The highest BCUT2D eigenvalue weighted by molar-refractivity contribution is 7.52. The largest absolute Gasteiger partial charge is 0.465 e. The Morgan fingerprint density at radius 1 is 0.778 bits per heavy atom. The molecular formula is C46H61F2N5O17P2. The molecule has 12 atom stereocenters. The molecule has 0 bridgehead atoms. The number of aliphatic hydroxyl groups is 2. The Labute approximate surface area is 414 Å². The summed E-state index contributed by atoms with van der Waals surface area (Å²) < 4.78 is 102. The minimum absolute atomic E-state index is 0.164. The average molecular weight is 1060 g/mol. The molecule has 0 aliphatic carbocycles. The second-order valence-electron chi connectivity index (χ2n) is 17.2. The van der Waals surface area contributed by atoms with Crippen LogP contribution in [0.15, 0.2) is 90.0 Å². The zero-order valence-corrected chi connectivity index (χ0v) is 42.5. The molecule has 3 aliphatic heterocycles. The number of hydrogen-bond donors (Lipinski definition) is 4. The van der Waals surface area contributed by atoms with Crippen molar-refractivity contribution in [3.8, 4) is 11.5 Å².